The number of hydrogen-bond acceptors (Lipinski definition) is 5. The molecule has 1 aromatic carbocycles. The number of ketones is 1. The molecular formula is C15H17F2NO5S. The van der Waals surface area contributed by atoms with Crippen molar-refractivity contribution in [1.29, 1.82) is 0 Å². The van der Waals surface area contributed by atoms with E-state index in [1.165, 1.54) is 24.3 Å². The summed E-state index contributed by atoms with van der Waals surface area (Å²) in [5.41, 5.74) is 0.171. The van der Waals surface area contributed by atoms with Crippen molar-refractivity contribution in [2.24, 2.45) is 0 Å². The monoisotopic (exact) mass is 361 g/mol. The van der Waals surface area contributed by atoms with Gasteiger partial charge in [-0.3, -0.25) is 9.59 Å². The van der Waals surface area contributed by atoms with E-state index in [4.69, 9.17) is 0 Å². The molecule has 0 bridgehead atoms. The molecule has 1 fully saturated rings. The van der Waals surface area contributed by atoms with Crippen molar-refractivity contribution in [2.75, 3.05) is 20.2 Å². The van der Waals surface area contributed by atoms with Crippen molar-refractivity contribution in [2.45, 2.75) is 30.1 Å². The molecule has 1 aliphatic heterocycles. The predicted octanol–water partition coefficient (Wildman–Crippen LogP) is 1.85. The van der Waals surface area contributed by atoms with Crippen LogP contribution in [0.2, 0.25) is 0 Å². The third-order valence-corrected chi connectivity index (χ3v) is 5.71. The lowest BCUT2D eigenvalue weighted by Crippen LogP contribution is -2.42. The molecule has 0 unspecified atom stereocenters. The fourth-order valence-corrected chi connectivity index (χ4v) is 3.76. The number of ether oxygens (including phenoxy) is 1. The average Bonchev–Trinajstić information content (AvgIpc) is 2.54. The number of carbonyl (C=O) groups is 2. The summed E-state index contributed by atoms with van der Waals surface area (Å²) in [6.45, 7) is -0.503. The van der Waals surface area contributed by atoms with Gasteiger partial charge < -0.3 is 4.74 Å². The van der Waals surface area contributed by atoms with Crippen molar-refractivity contribution in [3.8, 4) is 0 Å². The Labute approximate surface area is 138 Å². The fraction of sp³-hybridized carbons (Fsp3) is 0.467. The first kappa shape index (κ1) is 18.5. The number of benzene rings is 1. The first-order chi connectivity index (χ1) is 11.2. The third-order valence-electron chi connectivity index (χ3n) is 3.80. The maximum atomic E-state index is 13.1. The molecule has 2 rings (SSSR count). The number of alkyl halides is 2. The standard InChI is InChI=1S/C15H17F2NO5S/c1-23-14(20)10-13(19)11-2-4-12(5-3-11)24(21,22)18-8-6-15(16,17)7-9-18/h2-5H,6-10H2,1H3. The van der Waals surface area contributed by atoms with Gasteiger partial charge in [0.05, 0.1) is 12.0 Å². The molecule has 0 spiro atoms. The zero-order valence-corrected chi connectivity index (χ0v) is 13.8. The van der Waals surface area contributed by atoms with E-state index in [1.807, 2.05) is 0 Å². The minimum Gasteiger partial charge on any atom is -0.469 e. The van der Waals surface area contributed by atoms with Crippen molar-refractivity contribution in [1.82, 2.24) is 4.31 Å². The molecule has 0 N–H and O–H groups in total. The van der Waals surface area contributed by atoms with Crippen LogP contribution in [0.3, 0.4) is 0 Å². The molecule has 132 valence electrons. The highest BCUT2D eigenvalue weighted by molar-refractivity contribution is 7.89. The van der Waals surface area contributed by atoms with Gasteiger partial charge in [0.1, 0.15) is 6.42 Å². The Hall–Kier alpha value is -1.87. The van der Waals surface area contributed by atoms with Crippen molar-refractivity contribution in [3.05, 3.63) is 29.8 Å². The van der Waals surface area contributed by atoms with Crippen LogP contribution in [0.4, 0.5) is 8.78 Å². The Morgan fingerprint density at radius 3 is 2.21 bits per heavy atom. The number of esters is 1. The molecule has 0 radical (unpaired) electrons. The van der Waals surface area contributed by atoms with E-state index in [0.29, 0.717) is 0 Å². The Kier molecular flexibility index (Phi) is 5.34. The highest BCUT2D eigenvalue weighted by Crippen LogP contribution is 2.30. The SMILES string of the molecule is COC(=O)CC(=O)c1ccc(S(=O)(=O)N2CCC(F)(F)CC2)cc1. The quantitative estimate of drug-likeness (QED) is 0.454. The van der Waals surface area contributed by atoms with Gasteiger partial charge in [0.25, 0.3) is 5.92 Å². The fourth-order valence-electron chi connectivity index (χ4n) is 2.32. The number of methoxy groups -OCH3 is 1. The average molecular weight is 361 g/mol. The van der Waals surface area contributed by atoms with Crippen LogP contribution in [0.1, 0.15) is 29.6 Å². The van der Waals surface area contributed by atoms with E-state index in [9.17, 15) is 26.8 Å². The topological polar surface area (TPSA) is 80.8 Å². The zero-order valence-electron chi connectivity index (χ0n) is 13.0. The molecule has 6 nitrogen and oxygen atoms in total. The summed E-state index contributed by atoms with van der Waals surface area (Å²) in [4.78, 5) is 22.8. The summed E-state index contributed by atoms with van der Waals surface area (Å²) in [7, 11) is -2.73. The largest absolute Gasteiger partial charge is 0.469 e. The molecule has 0 saturated carbocycles. The molecule has 0 aromatic heterocycles. The van der Waals surface area contributed by atoms with Crippen molar-refractivity contribution < 1.29 is 31.5 Å². The van der Waals surface area contributed by atoms with Gasteiger partial charge in [0.2, 0.25) is 10.0 Å². The summed E-state index contributed by atoms with van der Waals surface area (Å²) in [5, 5.41) is 0. The summed E-state index contributed by atoms with van der Waals surface area (Å²) in [6.07, 6.45) is -1.46. The van der Waals surface area contributed by atoms with Gasteiger partial charge >= 0.3 is 5.97 Å². The predicted molar refractivity (Wildman–Crippen MR) is 80.3 cm³/mol. The van der Waals surface area contributed by atoms with E-state index in [1.54, 1.807) is 0 Å². The van der Waals surface area contributed by atoms with Gasteiger partial charge in [-0.1, -0.05) is 12.1 Å². The lowest BCUT2D eigenvalue weighted by molar-refractivity contribution is -0.139. The minimum absolute atomic E-state index is 0.0812. The Morgan fingerprint density at radius 1 is 1.17 bits per heavy atom. The van der Waals surface area contributed by atoms with Crippen molar-refractivity contribution >= 4 is 21.8 Å². The molecule has 24 heavy (non-hydrogen) atoms. The van der Waals surface area contributed by atoms with Gasteiger partial charge in [0.15, 0.2) is 5.78 Å². The Bertz CT molecular complexity index is 721. The number of nitrogens with zero attached hydrogens (tertiary/aromatic N) is 1. The highest BCUT2D eigenvalue weighted by atomic mass is 32.2. The summed E-state index contributed by atoms with van der Waals surface area (Å²) in [6, 6.07) is 5.03. The van der Waals surface area contributed by atoms with Crippen LogP contribution in [-0.2, 0) is 19.6 Å². The lowest BCUT2D eigenvalue weighted by Gasteiger charge is -2.30. The number of Topliss-reactive ketones (excluding diaryl/α,β-unsaturated/α-hetero) is 1. The van der Waals surface area contributed by atoms with Gasteiger partial charge in [-0.15, -0.1) is 0 Å². The van der Waals surface area contributed by atoms with Crippen LogP contribution in [0.15, 0.2) is 29.2 Å². The van der Waals surface area contributed by atoms with Crippen molar-refractivity contribution in [3.63, 3.8) is 0 Å². The lowest BCUT2D eigenvalue weighted by atomic mass is 10.1. The van der Waals surface area contributed by atoms with E-state index < -0.39 is 47.0 Å². The second-order valence-corrected chi connectivity index (χ2v) is 7.40. The van der Waals surface area contributed by atoms with Gasteiger partial charge in [-0.25, -0.2) is 17.2 Å². The van der Waals surface area contributed by atoms with Gasteiger partial charge in [-0.05, 0) is 12.1 Å². The molecular weight excluding hydrogens is 344 g/mol. The normalized spacial score (nSPS) is 18.1. The summed E-state index contributed by atoms with van der Waals surface area (Å²) in [5.74, 6) is -4.02. The second kappa shape index (κ2) is 6.94. The smallest absolute Gasteiger partial charge is 0.313 e. The minimum atomic E-state index is -3.89. The van der Waals surface area contributed by atoms with E-state index >= 15 is 0 Å². The maximum Gasteiger partial charge on any atom is 0.313 e. The van der Waals surface area contributed by atoms with Crippen LogP contribution in [0, 0.1) is 0 Å². The van der Waals surface area contributed by atoms with Crippen LogP contribution >= 0.6 is 0 Å². The molecule has 1 aliphatic rings. The van der Waals surface area contributed by atoms with Gasteiger partial charge in [-0.2, -0.15) is 4.31 Å². The second-order valence-electron chi connectivity index (χ2n) is 5.46. The number of sulfonamides is 1. The van der Waals surface area contributed by atoms with Crippen LogP contribution in [0.5, 0.6) is 0 Å². The Morgan fingerprint density at radius 2 is 1.71 bits per heavy atom. The van der Waals surface area contributed by atoms with Crippen LogP contribution in [0.25, 0.3) is 0 Å². The summed E-state index contributed by atoms with van der Waals surface area (Å²) < 4.78 is 56.5. The van der Waals surface area contributed by atoms with Crippen LogP contribution < -0.4 is 0 Å². The summed E-state index contributed by atoms with van der Waals surface area (Å²) >= 11 is 0. The molecule has 1 saturated heterocycles. The van der Waals surface area contributed by atoms with Crippen LogP contribution in [-0.4, -0.2) is 50.6 Å². The highest BCUT2D eigenvalue weighted by Gasteiger charge is 2.38. The van der Waals surface area contributed by atoms with E-state index in [-0.39, 0.29) is 23.5 Å². The number of piperidine rings is 1. The number of rotatable bonds is 5. The first-order valence-electron chi connectivity index (χ1n) is 7.24. The molecule has 0 amide bonds. The molecule has 1 aromatic rings. The Balaban J connectivity index is 2.12. The molecule has 1 heterocycles. The molecule has 0 atom stereocenters. The third kappa shape index (κ3) is 4.15. The molecule has 9 heteroatoms. The number of halogens is 2. The van der Waals surface area contributed by atoms with E-state index in [0.717, 1.165) is 11.4 Å². The van der Waals surface area contributed by atoms with Gasteiger partial charge in [0, 0.05) is 31.5 Å². The number of hydrogen-bond donors (Lipinski definition) is 0. The molecule has 0 aliphatic carbocycles. The number of carbonyl (C=O) groups excluding carboxylic acids is 2. The maximum absolute atomic E-state index is 13.1. The zero-order chi connectivity index (χ0) is 18.0. The van der Waals surface area contributed by atoms with E-state index in [2.05, 4.69) is 4.74 Å². The first-order valence-corrected chi connectivity index (χ1v) is 8.68.